The summed E-state index contributed by atoms with van der Waals surface area (Å²) >= 11 is 1.45. The van der Waals surface area contributed by atoms with Gasteiger partial charge in [0.25, 0.3) is 0 Å². The average Bonchev–Trinajstić information content (AvgIpc) is 2.99. The molecule has 2 aromatic rings. The molecule has 1 aromatic heterocycles. The Bertz CT molecular complexity index is 650. The molecule has 130 valence electrons. The molecule has 0 bridgehead atoms. The largest absolute Gasteiger partial charge is 0.491 e. The van der Waals surface area contributed by atoms with Gasteiger partial charge in [0.05, 0.1) is 6.61 Å². The number of carbonyl (C=O) groups is 1. The van der Waals surface area contributed by atoms with E-state index in [0.717, 1.165) is 11.3 Å². The molecule has 2 rings (SSSR count). The number of hydrogen-bond acceptors (Lipinski definition) is 7. The lowest BCUT2D eigenvalue weighted by atomic mass is 10.2. The van der Waals surface area contributed by atoms with Crippen LogP contribution in [0.25, 0.3) is 0 Å². The van der Waals surface area contributed by atoms with Crippen LogP contribution in [0.1, 0.15) is 12.0 Å². The van der Waals surface area contributed by atoms with Gasteiger partial charge in [-0.3, -0.25) is 4.79 Å². The van der Waals surface area contributed by atoms with Crippen LogP contribution in [-0.4, -0.2) is 52.2 Å². The molecule has 0 saturated heterocycles. The average molecular weight is 351 g/mol. The predicted octanol–water partition coefficient (Wildman–Crippen LogP) is 1.03. The summed E-state index contributed by atoms with van der Waals surface area (Å²) in [4.78, 5) is 11.9. The third-order valence-corrected chi connectivity index (χ3v) is 4.10. The van der Waals surface area contributed by atoms with Crippen LogP contribution in [0.15, 0.2) is 29.4 Å². The topological polar surface area (TPSA) is 91.2 Å². The Morgan fingerprint density at radius 3 is 3.00 bits per heavy atom. The standard InChI is InChI=1S/C15H21N5O3S/c1-20-15(17-18-19-20)24-9-6-14(21)16-11-12-4-3-5-13(10-12)23-8-7-22-2/h3-5,10H,6-9,11H2,1-2H3,(H,16,21). The van der Waals surface area contributed by atoms with E-state index in [4.69, 9.17) is 9.47 Å². The Balaban J connectivity index is 1.69. The van der Waals surface area contributed by atoms with Crippen molar-refractivity contribution in [3.63, 3.8) is 0 Å². The van der Waals surface area contributed by atoms with Crippen molar-refractivity contribution in [1.82, 2.24) is 25.5 Å². The molecule has 0 fully saturated rings. The molecule has 0 spiro atoms. The smallest absolute Gasteiger partial charge is 0.221 e. The number of thioether (sulfide) groups is 1. The number of benzene rings is 1. The van der Waals surface area contributed by atoms with Gasteiger partial charge in [-0.25, -0.2) is 4.68 Å². The van der Waals surface area contributed by atoms with Crippen LogP contribution in [0.3, 0.4) is 0 Å². The number of amides is 1. The predicted molar refractivity (Wildman–Crippen MR) is 89.8 cm³/mol. The maximum absolute atomic E-state index is 11.9. The Morgan fingerprint density at radius 1 is 1.38 bits per heavy atom. The number of aryl methyl sites for hydroxylation is 1. The van der Waals surface area contributed by atoms with E-state index in [0.29, 0.717) is 37.1 Å². The fraction of sp³-hybridized carbons (Fsp3) is 0.467. The zero-order valence-electron chi connectivity index (χ0n) is 13.8. The van der Waals surface area contributed by atoms with Crippen LogP contribution in [0, 0.1) is 0 Å². The number of carbonyl (C=O) groups excluding carboxylic acids is 1. The highest BCUT2D eigenvalue weighted by atomic mass is 32.2. The van der Waals surface area contributed by atoms with Gasteiger partial charge < -0.3 is 14.8 Å². The summed E-state index contributed by atoms with van der Waals surface area (Å²) in [6, 6.07) is 7.65. The summed E-state index contributed by atoms with van der Waals surface area (Å²) in [5, 5.41) is 14.7. The molecule has 8 nitrogen and oxygen atoms in total. The van der Waals surface area contributed by atoms with E-state index in [1.165, 1.54) is 11.8 Å². The third kappa shape index (κ3) is 6.17. The molecule has 1 aromatic carbocycles. The summed E-state index contributed by atoms with van der Waals surface area (Å²) in [7, 11) is 3.40. The third-order valence-electron chi connectivity index (χ3n) is 3.09. The normalized spacial score (nSPS) is 10.6. The molecule has 0 saturated carbocycles. The van der Waals surface area contributed by atoms with Gasteiger partial charge in [-0.05, 0) is 28.1 Å². The van der Waals surface area contributed by atoms with Crippen molar-refractivity contribution in [2.24, 2.45) is 7.05 Å². The maximum atomic E-state index is 11.9. The summed E-state index contributed by atoms with van der Waals surface area (Å²) in [6.45, 7) is 1.51. The minimum Gasteiger partial charge on any atom is -0.491 e. The van der Waals surface area contributed by atoms with Crippen molar-refractivity contribution in [3.05, 3.63) is 29.8 Å². The molecule has 0 radical (unpaired) electrons. The second-order valence-electron chi connectivity index (χ2n) is 4.95. The van der Waals surface area contributed by atoms with Gasteiger partial charge in [0.15, 0.2) is 0 Å². The van der Waals surface area contributed by atoms with Crippen molar-refractivity contribution in [2.75, 3.05) is 26.1 Å². The number of ether oxygens (including phenoxy) is 2. The highest BCUT2D eigenvalue weighted by molar-refractivity contribution is 7.99. The number of tetrazole rings is 1. The number of hydrogen-bond donors (Lipinski definition) is 1. The molecule has 1 amide bonds. The van der Waals surface area contributed by atoms with Crippen molar-refractivity contribution in [2.45, 2.75) is 18.1 Å². The van der Waals surface area contributed by atoms with Gasteiger partial charge in [-0.15, -0.1) is 5.10 Å². The van der Waals surface area contributed by atoms with Crippen molar-refractivity contribution >= 4 is 17.7 Å². The Labute approximate surface area is 144 Å². The lowest BCUT2D eigenvalue weighted by Crippen LogP contribution is -2.23. The van der Waals surface area contributed by atoms with Crippen molar-refractivity contribution in [3.8, 4) is 5.75 Å². The molecule has 24 heavy (non-hydrogen) atoms. The summed E-state index contributed by atoms with van der Waals surface area (Å²) in [5.74, 6) is 1.38. The second kappa shape index (κ2) is 9.89. The Kier molecular flexibility index (Phi) is 7.50. The van der Waals surface area contributed by atoms with Crippen LogP contribution in [0.5, 0.6) is 5.75 Å². The molecule has 9 heteroatoms. The molecule has 1 N–H and O–H groups in total. The highest BCUT2D eigenvalue weighted by Crippen LogP contribution is 2.14. The van der Waals surface area contributed by atoms with Gasteiger partial charge in [-0.1, -0.05) is 23.9 Å². The van der Waals surface area contributed by atoms with Crippen LogP contribution in [0.2, 0.25) is 0 Å². The van der Waals surface area contributed by atoms with E-state index in [1.54, 1.807) is 18.8 Å². The molecule has 0 aliphatic rings. The van der Waals surface area contributed by atoms with Crippen LogP contribution in [-0.2, 0) is 23.1 Å². The monoisotopic (exact) mass is 351 g/mol. The molecular formula is C15H21N5O3S. The van der Waals surface area contributed by atoms with Crippen LogP contribution < -0.4 is 10.1 Å². The molecular weight excluding hydrogens is 330 g/mol. The van der Waals surface area contributed by atoms with Crippen molar-refractivity contribution in [1.29, 1.82) is 0 Å². The van der Waals surface area contributed by atoms with Crippen molar-refractivity contribution < 1.29 is 14.3 Å². The van der Waals surface area contributed by atoms with Gasteiger partial charge >= 0.3 is 0 Å². The van der Waals surface area contributed by atoms with Gasteiger partial charge in [0.1, 0.15) is 12.4 Å². The Hall–Kier alpha value is -2.13. The number of nitrogens with zero attached hydrogens (tertiary/aromatic N) is 4. The molecule has 0 aliphatic heterocycles. The first-order valence-corrected chi connectivity index (χ1v) is 8.50. The van der Waals surface area contributed by atoms with E-state index < -0.39 is 0 Å². The first kappa shape index (κ1) is 18.2. The quantitative estimate of drug-likeness (QED) is 0.505. The number of nitrogens with one attached hydrogen (secondary N) is 1. The lowest BCUT2D eigenvalue weighted by Gasteiger charge is -2.09. The van der Waals surface area contributed by atoms with E-state index in [9.17, 15) is 4.79 Å². The zero-order valence-corrected chi connectivity index (χ0v) is 14.6. The lowest BCUT2D eigenvalue weighted by molar-refractivity contribution is -0.120. The van der Waals surface area contributed by atoms with Gasteiger partial charge in [0.2, 0.25) is 11.1 Å². The van der Waals surface area contributed by atoms with E-state index in [-0.39, 0.29) is 5.91 Å². The SMILES string of the molecule is COCCOc1cccc(CNC(=O)CCSc2nnnn2C)c1. The summed E-state index contributed by atoms with van der Waals surface area (Å²) in [5.41, 5.74) is 0.989. The second-order valence-corrected chi connectivity index (χ2v) is 6.01. The molecule has 0 aliphatic carbocycles. The number of methoxy groups -OCH3 is 1. The first-order chi connectivity index (χ1) is 11.7. The molecule has 1 heterocycles. The molecule has 0 atom stereocenters. The zero-order chi connectivity index (χ0) is 17.2. The minimum absolute atomic E-state index is 0.0108. The fourth-order valence-electron chi connectivity index (χ4n) is 1.86. The van der Waals surface area contributed by atoms with E-state index in [1.807, 2.05) is 24.3 Å². The summed E-state index contributed by atoms with van der Waals surface area (Å²) < 4.78 is 12.1. The first-order valence-electron chi connectivity index (χ1n) is 7.51. The fourth-order valence-corrected chi connectivity index (χ4v) is 2.64. The number of rotatable bonds is 10. The summed E-state index contributed by atoms with van der Waals surface area (Å²) in [6.07, 6.45) is 0.404. The van der Waals surface area contributed by atoms with E-state index >= 15 is 0 Å². The van der Waals surface area contributed by atoms with Crippen LogP contribution >= 0.6 is 11.8 Å². The van der Waals surface area contributed by atoms with E-state index in [2.05, 4.69) is 20.8 Å². The van der Waals surface area contributed by atoms with Gasteiger partial charge in [-0.2, -0.15) is 0 Å². The minimum atomic E-state index is -0.0108. The molecule has 0 unspecified atom stereocenters. The maximum Gasteiger partial charge on any atom is 0.221 e. The highest BCUT2D eigenvalue weighted by Gasteiger charge is 2.06. The number of aromatic nitrogens is 4. The van der Waals surface area contributed by atoms with Crippen LogP contribution in [0.4, 0.5) is 0 Å². The Morgan fingerprint density at radius 2 is 2.25 bits per heavy atom. The van der Waals surface area contributed by atoms with Gasteiger partial charge in [0, 0.05) is 32.9 Å².